The van der Waals surface area contributed by atoms with Gasteiger partial charge in [0.25, 0.3) is 0 Å². The highest BCUT2D eigenvalue weighted by Gasteiger charge is 2.09. The summed E-state index contributed by atoms with van der Waals surface area (Å²) in [6.45, 7) is 2.65. The van der Waals surface area contributed by atoms with Crippen molar-refractivity contribution < 1.29 is 0 Å². The summed E-state index contributed by atoms with van der Waals surface area (Å²) in [6.07, 6.45) is 3.64. The second-order valence-electron chi connectivity index (χ2n) is 5.57. The molecule has 3 aromatic heterocycles. The second kappa shape index (κ2) is 6.09. The molecule has 0 amide bonds. The van der Waals surface area contributed by atoms with Crippen LogP contribution in [0.25, 0.3) is 22.3 Å². The number of hydrogen-bond donors (Lipinski definition) is 3. The van der Waals surface area contributed by atoms with E-state index in [0.717, 1.165) is 43.7 Å². The van der Waals surface area contributed by atoms with Crippen molar-refractivity contribution >= 4 is 32.7 Å². The summed E-state index contributed by atoms with van der Waals surface area (Å²) in [5.74, 6) is 0. The first-order valence-electron chi connectivity index (χ1n) is 7.53. The van der Waals surface area contributed by atoms with Gasteiger partial charge in [-0.3, -0.25) is 10.2 Å². The number of rotatable bonds is 4. The molecule has 0 radical (unpaired) electrons. The molecule has 4 rings (SSSR count). The van der Waals surface area contributed by atoms with Crippen LogP contribution in [0.3, 0.4) is 0 Å². The van der Waals surface area contributed by atoms with Gasteiger partial charge in [-0.15, -0.1) is 0 Å². The van der Waals surface area contributed by atoms with E-state index in [1.54, 1.807) is 6.20 Å². The lowest BCUT2D eigenvalue weighted by molar-refractivity contribution is 1.05. The van der Waals surface area contributed by atoms with Crippen molar-refractivity contribution in [3.8, 4) is 11.3 Å². The predicted molar refractivity (Wildman–Crippen MR) is 97.7 cm³/mol. The maximum Gasteiger partial charge on any atom is 0.181 e. The average molecular weight is 383 g/mol. The molecule has 0 aliphatic heterocycles. The first-order chi connectivity index (χ1) is 11.7. The van der Waals surface area contributed by atoms with E-state index < -0.39 is 0 Å². The van der Waals surface area contributed by atoms with Crippen LogP contribution in [-0.4, -0.2) is 25.4 Å². The van der Waals surface area contributed by atoms with Crippen LogP contribution < -0.4 is 5.32 Å². The van der Waals surface area contributed by atoms with Crippen LogP contribution in [-0.2, 0) is 6.54 Å². The van der Waals surface area contributed by atoms with E-state index in [0.29, 0.717) is 6.54 Å². The van der Waals surface area contributed by atoms with Crippen molar-refractivity contribution in [3.63, 3.8) is 0 Å². The van der Waals surface area contributed by atoms with Crippen LogP contribution in [0.1, 0.15) is 11.3 Å². The van der Waals surface area contributed by atoms with Gasteiger partial charge in [0.05, 0.1) is 23.8 Å². The molecular formula is C17H15BrN6. The highest BCUT2D eigenvalue weighted by molar-refractivity contribution is 9.10. The summed E-state index contributed by atoms with van der Waals surface area (Å²) in [7, 11) is 0. The zero-order chi connectivity index (χ0) is 16.5. The minimum atomic E-state index is 0.659. The van der Waals surface area contributed by atoms with E-state index in [9.17, 15) is 0 Å². The maximum atomic E-state index is 4.36. The van der Waals surface area contributed by atoms with Gasteiger partial charge in [-0.05, 0) is 30.7 Å². The first-order valence-corrected chi connectivity index (χ1v) is 8.33. The molecule has 0 atom stereocenters. The van der Waals surface area contributed by atoms with Gasteiger partial charge in [-0.2, -0.15) is 10.2 Å². The standard InChI is InChI=1S/C17H15BrN6/c1-10-15-6-14(9-20-17(15)24-22-10)19-7-12-8-21-23-16(12)11-2-4-13(18)5-3-11/h2-6,8-9,19H,7H2,1H3,(H,21,23)(H,20,22,24). The molecular weight excluding hydrogens is 368 g/mol. The molecule has 3 N–H and O–H groups in total. The number of hydrogen-bond acceptors (Lipinski definition) is 4. The Morgan fingerprint density at radius 3 is 2.79 bits per heavy atom. The molecule has 0 aliphatic rings. The number of pyridine rings is 1. The molecule has 6 nitrogen and oxygen atoms in total. The lowest BCUT2D eigenvalue weighted by Gasteiger charge is -2.07. The van der Waals surface area contributed by atoms with Gasteiger partial charge in [0.15, 0.2) is 5.65 Å². The molecule has 0 saturated heterocycles. The smallest absolute Gasteiger partial charge is 0.181 e. The summed E-state index contributed by atoms with van der Waals surface area (Å²) in [4.78, 5) is 4.36. The number of aryl methyl sites for hydroxylation is 1. The number of nitrogens with zero attached hydrogens (tertiary/aromatic N) is 3. The van der Waals surface area contributed by atoms with Crippen LogP contribution in [0.4, 0.5) is 5.69 Å². The molecule has 0 fully saturated rings. The average Bonchev–Trinajstić information content (AvgIpc) is 3.21. The molecule has 1 aromatic carbocycles. The normalized spacial score (nSPS) is 11.1. The SMILES string of the molecule is Cc1[nH]nc2ncc(NCc3cn[nH]c3-c3ccc(Br)cc3)cc12. The number of anilines is 1. The van der Waals surface area contributed by atoms with E-state index in [1.165, 1.54) is 0 Å². The van der Waals surface area contributed by atoms with Crippen molar-refractivity contribution in [2.75, 3.05) is 5.32 Å². The summed E-state index contributed by atoms with van der Waals surface area (Å²) in [5, 5.41) is 18.8. The summed E-state index contributed by atoms with van der Waals surface area (Å²) in [5.41, 5.74) is 5.92. The summed E-state index contributed by atoms with van der Waals surface area (Å²) >= 11 is 3.46. The minimum Gasteiger partial charge on any atom is -0.380 e. The van der Waals surface area contributed by atoms with Crippen molar-refractivity contribution in [2.24, 2.45) is 0 Å². The Morgan fingerprint density at radius 2 is 1.96 bits per heavy atom. The fourth-order valence-electron chi connectivity index (χ4n) is 2.63. The first kappa shape index (κ1) is 14.9. The van der Waals surface area contributed by atoms with Gasteiger partial charge < -0.3 is 5.32 Å². The molecule has 24 heavy (non-hydrogen) atoms. The van der Waals surface area contributed by atoms with Crippen molar-refractivity contribution in [2.45, 2.75) is 13.5 Å². The summed E-state index contributed by atoms with van der Waals surface area (Å²) in [6, 6.07) is 10.2. The van der Waals surface area contributed by atoms with Gasteiger partial charge in [0.1, 0.15) is 0 Å². The van der Waals surface area contributed by atoms with Crippen LogP contribution in [0.5, 0.6) is 0 Å². The maximum absolute atomic E-state index is 4.36. The van der Waals surface area contributed by atoms with E-state index >= 15 is 0 Å². The predicted octanol–water partition coefficient (Wildman–Crippen LogP) is 4.03. The number of benzene rings is 1. The fourth-order valence-corrected chi connectivity index (χ4v) is 2.89. The number of aromatic amines is 2. The highest BCUT2D eigenvalue weighted by Crippen LogP contribution is 2.24. The molecule has 120 valence electrons. The molecule has 0 aliphatic carbocycles. The van der Waals surface area contributed by atoms with Crippen LogP contribution in [0.2, 0.25) is 0 Å². The van der Waals surface area contributed by atoms with E-state index in [4.69, 9.17) is 0 Å². The van der Waals surface area contributed by atoms with Crippen molar-refractivity contribution in [3.05, 3.63) is 58.5 Å². The third-order valence-corrected chi connectivity index (χ3v) is 4.46. The lowest BCUT2D eigenvalue weighted by atomic mass is 10.1. The molecule has 7 heteroatoms. The van der Waals surface area contributed by atoms with Crippen molar-refractivity contribution in [1.29, 1.82) is 0 Å². The number of H-pyrrole nitrogens is 2. The Balaban J connectivity index is 1.56. The summed E-state index contributed by atoms with van der Waals surface area (Å²) < 4.78 is 1.06. The van der Waals surface area contributed by atoms with Gasteiger partial charge in [-0.1, -0.05) is 28.1 Å². The molecule has 0 unspecified atom stereocenters. The zero-order valence-electron chi connectivity index (χ0n) is 13.0. The molecule has 0 bridgehead atoms. The fraction of sp³-hybridized carbons (Fsp3) is 0.118. The number of halogens is 1. The monoisotopic (exact) mass is 382 g/mol. The van der Waals surface area contributed by atoms with Crippen LogP contribution in [0, 0.1) is 6.92 Å². The Bertz CT molecular complexity index is 986. The van der Waals surface area contributed by atoms with E-state index in [-0.39, 0.29) is 0 Å². The largest absolute Gasteiger partial charge is 0.380 e. The van der Waals surface area contributed by atoms with Gasteiger partial charge in [0, 0.05) is 27.7 Å². The lowest BCUT2D eigenvalue weighted by Crippen LogP contribution is -2.00. The van der Waals surface area contributed by atoms with Gasteiger partial charge >= 0.3 is 0 Å². The molecule has 3 heterocycles. The Labute approximate surface area is 146 Å². The number of nitrogens with one attached hydrogen (secondary N) is 3. The van der Waals surface area contributed by atoms with Gasteiger partial charge in [-0.25, -0.2) is 4.98 Å². The van der Waals surface area contributed by atoms with Crippen LogP contribution >= 0.6 is 15.9 Å². The Kier molecular flexibility index (Phi) is 3.78. The van der Waals surface area contributed by atoms with Crippen molar-refractivity contribution in [1.82, 2.24) is 25.4 Å². The quantitative estimate of drug-likeness (QED) is 0.497. The van der Waals surface area contributed by atoms with Crippen LogP contribution in [0.15, 0.2) is 47.2 Å². The van der Waals surface area contributed by atoms with E-state index in [2.05, 4.69) is 64.8 Å². The number of aromatic nitrogens is 5. The zero-order valence-corrected chi connectivity index (χ0v) is 14.6. The van der Waals surface area contributed by atoms with Gasteiger partial charge in [0.2, 0.25) is 0 Å². The number of fused-ring (bicyclic) bond motifs is 1. The third kappa shape index (κ3) is 2.78. The second-order valence-corrected chi connectivity index (χ2v) is 6.49. The molecule has 4 aromatic rings. The Hall–Kier alpha value is -2.67. The molecule has 0 spiro atoms. The minimum absolute atomic E-state index is 0.659. The Morgan fingerprint density at radius 1 is 1.12 bits per heavy atom. The topological polar surface area (TPSA) is 82.3 Å². The van der Waals surface area contributed by atoms with E-state index in [1.807, 2.05) is 25.3 Å². The highest BCUT2D eigenvalue weighted by atomic mass is 79.9. The molecule has 0 saturated carbocycles. The third-order valence-electron chi connectivity index (χ3n) is 3.93.